The van der Waals surface area contributed by atoms with Gasteiger partial charge >= 0.3 is 0 Å². The molecule has 0 fully saturated rings. The van der Waals surface area contributed by atoms with E-state index >= 15 is 0 Å². The molecular formula is C8H16O5. The molecule has 0 aliphatic rings. The highest BCUT2D eigenvalue weighted by molar-refractivity contribution is 5.08. The first-order valence-corrected chi connectivity index (χ1v) is 3.93. The molecule has 0 amide bonds. The van der Waals surface area contributed by atoms with Crippen molar-refractivity contribution in [2.75, 3.05) is 6.61 Å². The van der Waals surface area contributed by atoms with Gasteiger partial charge in [0.15, 0.2) is 0 Å². The predicted molar refractivity (Wildman–Crippen MR) is 46.1 cm³/mol. The molecule has 0 radical (unpaired) electrons. The summed E-state index contributed by atoms with van der Waals surface area (Å²) in [6, 6.07) is 0. The van der Waals surface area contributed by atoms with Gasteiger partial charge in [0.05, 0.1) is 6.61 Å². The quantitative estimate of drug-likeness (QED) is 0.364. The van der Waals surface area contributed by atoms with Gasteiger partial charge < -0.3 is 25.5 Å². The molecule has 0 rings (SSSR count). The van der Waals surface area contributed by atoms with Gasteiger partial charge in [0.25, 0.3) is 0 Å². The van der Waals surface area contributed by atoms with E-state index in [2.05, 4.69) is 0 Å². The molecule has 0 saturated heterocycles. The maximum Gasteiger partial charge on any atom is 0.139 e. The van der Waals surface area contributed by atoms with Crippen molar-refractivity contribution >= 4 is 0 Å². The summed E-state index contributed by atoms with van der Waals surface area (Å²) >= 11 is 0. The molecule has 5 nitrogen and oxygen atoms in total. The van der Waals surface area contributed by atoms with Gasteiger partial charge in [-0.15, -0.1) is 0 Å². The van der Waals surface area contributed by atoms with E-state index in [1.54, 1.807) is 13.8 Å². The molecule has 0 aliphatic carbocycles. The standard InChI is InChI=1S/C8H16O5/c1-4(2)6(11)8(13)7(12)5(10)3-9/h5,7-13H,3H2,1-2H3/t5-,7-,8-/m0/s1. The normalized spacial score (nSPS) is 17.7. The van der Waals surface area contributed by atoms with Crippen molar-refractivity contribution in [3.05, 3.63) is 11.3 Å². The Kier molecular flexibility index (Phi) is 4.94. The highest BCUT2D eigenvalue weighted by Gasteiger charge is 2.27. The average Bonchev–Trinajstić information content (AvgIpc) is 2.12. The molecule has 78 valence electrons. The molecule has 0 bridgehead atoms. The summed E-state index contributed by atoms with van der Waals surface area (Å²) < 4.78 is 0. The van der Waals surface area contributed by atoms with Crippen LogP contribution >= 0.6 is 0 Å². The lowest BCUT2D eigenvalue weighted by atomic mass is 10.0. The molecule has 0 unspecified atom stereocenters. The summed E-state index contributed by atoms with van der Waals surface area (Å²) in [6.45, 7) is 2.43. The number of hydrogen-bond donors (Lipinski definition) is 5. The smallest absolute Gasteiger partial charge is 0.139 e. The van der Waals surface area contributed by atoms with Crippen molar-refractivity contribution in [3.63, 3.8) is 0 Å². The first kappa shape index (κ1) is 12.4. The van der Waals surface area contributed by atoms with Gasteiger partial charge in [-0.3, -0.25) is 0 Å². The van der Waals surface area contributed by atoms with Crippen LogP contribution in [0.4, 0.5) is 0 Å². The largest absolute Gasteiger partial charge is 0.510 e. The van der Waals surface area contributed by atoms with Crippen LogP contribution in [-0.2, 0) is 0 Å². The minimum atomic E-state index is -1.58. The molecular weight excluding hydrogens is 176 g/mol. The zero-order valence-electron chi connectivity index (χ0n) is 7.68. The summed E-state index contributed by atoms with van der Waals surface area (Å²) in [5, 5.41) is 45.0. The fraction of sp³-hybridized carbons (Fsp3) is 0.750. The third-order valence-corrected chi connectivity index (χ3v) is 1.70. The van der Waals surface area contributed by atoms with Gasteiger partial charge in [-0.1, -0.05) is 0 Å². The lowest BCUT2D eigenvalue weighted by Gasteiger charge is -2.21. The van der Waals surface area contributed by atoms with E-state index in [-0.39, 0.29) is 5.76 Å². The summed E-state index contributed by atoms with van der Waals surface area (Å²) in [5.41, 5.74) is 0.441. The Hall–Kier alpha value is -0.620. The molecule has 0 aromatic heterocycles. The molecule has 0 spiro atoms. The van der Waals surface area contributed by atoms with Gasteiger partial charge in [-0.25, -0.2) is 0 Å². The fourth-order valence-electron chi connectivity index (χ4n) is 0.776. The van der Waals surface area contributed by atoms with Crippen molar-refractivity contribution < 1.29 is 25.5 Å². The van der Waals surface area contributed by atoms with Gasteiger partial charge in [0.2, 0.25) is 0 Å². The number of rotatable bonds is 4. The monoisotopic (exact) mass is 192 g/mol. The minimum absolute atomic E-state index is 0.389. The van der Waals surface area contributed by atoms with Crippen LogP contribution in [0, 0.1) is 0 Å². The van der Waals surface area contributed by atoms with Crippen LogP contribution in [0.2, 0.25) is 0 Å². The lowest BCUT2D eigenvalue weighted by molar-refractivity contribution is -0.0745. The van der Waals surface area contributed by atoms with Crippen molar-refractivity contribution in [3.8, 4) is 0 Å². The third-order valence-electron chi connectivity index (χ3n) is 1.70. The third kappa shape index (κ3) is 3.31. The average molecular weight is 192 g/mol. The van der Waals surface area contributed by atoms with Crippen LogP contribution in [0.3, 0.4) is 0 Å². The van der Waals surface area contributed by atoms with Gasteiger partial charge in [0, 0.05) is 0 Å². The van der Waals surface area contributed by atoms with Crippen LogP contribution in [0.1, 0.15) is 13.8 Å². The number of aliphatic hydroxyl groups excluding tert-OH is 5. The van der Waals surface area contributed by atoms with E-state index < -0.39 is 24.9 Å². The second-order valence-corrected chi connectivity index (χ2v) is 3.07. The number of allylic oxidation sites excluding steroid dienone is 1. The highest BCUT2D eigenvalue weighted by atomic mass is 16.4. The van der Waals surface area contributed by atoms with Gasteiger partial charge in [-0.05, 0) is 19.4 Å². The van der Waals surface area contributed by atoms with Crippen LogP contribution in [0.25, 0.3) is 0 Å². The molecule has 0 aromatic rings. The van der Waals surface area contributed by atoms with E-state index in [1.165, 1.54) is 0 Å². The van der Waals surface area contributed by atoms with Crippen molar-refractivity contribution in [1.82, 2.24) is 0 Å². The van der Waals surface area contributed by atoms with E-state index in [9.17, 15) is 10.2 Å². The summed E-state index contributed by atoms with van der Waals surface area (Å²) in [5.74, 6) is -0.389. The SMILES string of the molecule is CC(C)=C(O)[C@H](O)[C@@H](O)[C@@H](O)CO. The Morgan fingerprint density at radius 2 is 1.62 bits per heavy atom. The van der Waals surface area contributed by atoms with Crippen LogP contribution < -0.4 is 0 Å². The van der Waals surface area contributed by atoms with E-state index in [1.807, 2.05) is 0 Å². The molecule has 5 heteroatoms. The summed E-state index contributed by atoms with van der Waals surface area (Å²) in [6.07, 6.45) is -4.61. The maximum atomic E-state index is 9.23. The number of hydrogen-bond acceptors (Lipinski definition) is 5. The van der Waals surface area contributed by atoms with Crippen molar-refractivity contribution in [1.29, 1.82) is 0 Å². The van der Waals surface area contributed by atoms with E-state index in [0.29, 0.717) is 5.57 Å². The zero-order chi connectivity index (χ0) is 10.6. The topological polar surface area (TPSA) is 101 Å². The van der Waals surface area contributed by atoms with Crippen LogP contribution in [-0.4, -0.2) is 50.5 Å². The van der Waals surface area contributed by atoms with Crippen molar-refractivity contribution in [2.45, 2.75) is 32.2 Å². The Morgan fingerprint density at radius 3 is 1.92 bits per heavy atom. The molecule has 3 atom stereocenters. The van der Waals surface area contributed by atoms with Crippen LogP contribution in [0.15, 0.2) is 11.3 Å². The first-order valence-electron chi connectivity index (χ1n) is 3.93. The van der Waals surface area contributed by atoms with Gasteiger partial charge in [0.1, 0.15) is 24.1 Å². The lowest BCUT2D eigenvalue weighted by Crippen LogP contribution is -2.40. The molecule has 0 saturated carbocycles. The highest BCUT2D eigenvalue weighted by Crippen LogP contribution is 2.11. The molecule has 0 heterocycles. The Morgan fingerprint density at radius 1 is 1.15 bits per heavy atom. The van der Waals surface area contributed by atoms with Crippen LogP contribution in [0.5, 0.6) is 0 Å². The maximum absolute atomic E-state index is 9.23. The summed E-state index contributed by atoms with van der Waals surface area (Å²) in [4.78, 5) is 0. The van der Waals surface area contributed by atoms with E-state index in [0.717, 1.165) is 0 Å². The summed E-state index contributed by atoms with van der Waals surface area (Å²) in [7, 11) is 0. The predicted octanol–water partition coefficient (Wildman–Crippen LogP) is -1.09. The first-order chi connectivity index (χ1) is 5.91. The Bertz CT molecular complexity index is 185. The van der Waals surface area contributed by atoms with Crippen molar-refractivity contribution in [2.24, 2.45) is 0 Å². The Labute approximate surface area is 76.6 Å². The molecule has 0 aliphatic heterocycles. The second kappa shape index (κ2) is 5.18. The number of aliphatic hydroxyl groups is 5. The van der Waals surface area contributed by atoms with E-state index in [4.69, 9.17) is 15.3 Å². The van der Waals surface area contributed by atoms with Gasteiger partial charge in [-0.2, -0.15) is 0 Å². The molecule has 13 heavy (non-hydrogen) atoms. The Balaban J connectivity index is 4.42. The molecule has 5 N–H and O–H groups in total. The fourth-order valence-corrected chi connectivity index (χ4v) is 0.776. The minimum Gasteiger partial charge on any atom is -0.510 e. The second-order valence-electron chi connectivity index (χ2n) is 3.07. The zero-order valence-corrected chi connectivity index (χ0v) is 7.68. The molecule has 0 aromatic carbocycles.